The van der Waals surface area contributed by atoms with Crippen LogP contribution in [0.15, 0.2) is 82.5 Å². The molecule has 43 heavy (non-hydrogen) atoms. The van der Waals surface area contributed by atoms with Crippen molar-refractivity contribution in [3.63, 3.8) is 0 Å². The van der Waals surface area contributed by atoms with Gasteiger partial charge < -0.3 is 24.2 Å². The van der Waals surface area contributed by atoms with Gasteiger partial charge in [0, 0.05) is 12.3 Å². The van der Waals surface area contributed by atoms with Crippen molar-refractivity contribution in [1.82, 2.24) is 14.6 Å². The average Bonchev–Trinajstić information content (AvgIpc) is 3.22. The minimum atomic E-state index is -4.46. The van der Waals surface area contributed by atoms with Crippen LogP contribution in [0.2, 0.25) is 0 Å². The van der Waals surface area contributed by atoms with Crippen LogP contribution in [0, 0.1) is 12.3 Å². The molecule has 0 saturated carbocycles. The number of nitrogens with zero attached hydrogens (tertiary/aromatic N) is 1. The van der Waals surface area contributed by atoms with Gasteiger partial charge in [-0.3, -0.25) is 23.7 Å². The largest absolute Gasteiger partial charge is 0.462 e. The highest BCUT2D eigenvalue weighted by molar-refractivity contribution is 7.52. The Morgan fingerprint density at radius 3 is 2.42 bits per heavy atom. The molecule has 1 fully saturated rings. The van der Waals surface area contributed by atoms with E-state index in [1.165, 1.54) is 12.1 Å². The third-order valence-electron chi connectivity index (χ3n) is 6.43. The number of nitrogens with one attached hydrogen (secondary N) is 2. The van der Waals surface area contributed by atoms with Gasteiger partial charge in [-0.15, -0.1) is 6.42 Å². The lowest BCUT2D eigenvalue weighted by atomic mass is 9.95. The van der Waals surface area contributed by atoms with Gasteiger partial charge in [-0.2, -0.15) is 5.09 Å². The standard InChI is InChI=1S/C29H32N3O10P/c1-4-29(37)25(34)23(41-27(29)32-16-15-24(33)30-28(32)36)18-39-43(38,42-21-13-9-6-10-14-21)31-22(26(35)40-19(2)3)17-20-11-7-5-8-12-20/h1,5-16,19,22-23,25,27,34,37H,17-18H2,2-3H3,(H,31,38)(H,30,33,36)/t22-,23+,25+,27+,29+,43?/m0/s1. The van der Waals surface area contributed by atoms with Gasteiger partial charge >= 0.3 is 19.4 Å². The van der Waals surface area contributed by atoms with E-state index in [1.54, 1.807) is 56.3 Å². The van der Waals surface area contributed by atoms with E-state index in [0.29, 0.717) is 0 Å². The predicted molar refractivity (Wildman–Crippen MR) is 154 cm³/mol. The summed E-state index contributed by atoms with van der Waals surface area (Å²) in [6, 6.07) is 16.8. The molecular formula is C29H32N3O10P. The smallest absolute Gasteiger partial charge is 0.459 e. The first kappa shape index (κ1) is 31.9. The number of para-hydroxylation sites is 1. The third kappa shape index (κ3) is 7.69. The average molecular weight is 614 g/mol. The summed E-state index contributed by atoms with van der Waals surface area (Å²) in [5, 5.41) is 24.7. The summed E-state index contributed by atoms with van der Waals surface area (Å²) in [7, 11) is -4.46. The molecule has 0 amide bonds. The van der Waals surface area contributed by atoms with Gasteiger partial charge in [0.25, 0.3) is 5.56 Å². The number of aliphatic hydroxyl groups is 2. The van der Waals surface area contributed by atoms with E-state index in [9.17, 15) is 29.2 Å². The molecule has 1 saturated heterocycles. The SMILES string of the molecule is C#C[C@@]1(O)[C@H](O)[C@@H](COP(=O)(N[C@@H](Cc2ccccc2)C(=O)OC(C)C)Oc2ccccc2)O[C@H]1n1ccc(=O)[nH]c1=O. The number of carbonyl (C=O) groups is 1. The zero-order valence-corrected chi connectivity index (χ0v) is 24.3. The molecule has 1 aliphatic rings. The molecule has 4 rings (SSSR count). The molecule has 0 bridgehead atoms. The van der Waals surface area contributed by atoms with E-state index < -0.39 is 67.8 Å². The number of benzene rings is 2. The lowest BCUT2D eigenvalue weighted by Gasteiger charge is -2.27. The first-order chi connectivity index (χ1) is 20.4. The first-order valence-electron chi connectivity index (χ1n) is 13.3. The second-order valence-electron chi connectivity index (χ2n) is 10.0. The molecule has 2 aromatic carbocycles. The Balaban J connectivity index is 1.62. The lowest BCUT2D eigenvalue weighted by Crippen LogP contribution is -2.48. The van der Waals surface area contributed by atoms with Gasteiger partial charge in [0.05, 0.1) is 12.7 Å². The molecule has 1 aliphatic heterocycles. The van der Waals surface area contributed by atoms with Crippen molar-refractivity contribution in [1.29, 1.82) is 0 Å². The van der Waals surface area contributed by atoms with Crippen molar-refractivity contribution in [3.8, 4) is 18.1 Å². The van der Waals surface area contributed by atoms with Gasteiger partial charge in [-0.05, 0) is 38.0 Å². The Morgan fingerprint density at radius 2 is 1.81 bits per heavy atom. The molecule has 13 nitrogen and oxygen atoms in total. The fraction of sp³-hybridized carbons (Fsp3) is 0.345. The minimum absolute atomic E-state index is 0.0640. The molecule has 14 heteroatoms. The van der Waals surface area contributed by atoms with Gasteiger partial charge in [-0.1, -0.05) is 54.5 Å². The van der Waals surface area contributed by atoms with Gasteiger partial charge in [0.15, 0.2) is 11.8 Å². The van der Waals surface area contributed by atoms with Crippen LogP contribution < -0.4 is 20.9 Å². The number of H-pyrrole nitrogens is 1. The van der Waals surface area contributed by atoms with Crippen molar-refractivity contribution in [2.24, 2.45) is 0 Å². The van der Waals surface area contributed by atoms with Crippen molar-refractivity contribution < 1.29 is 38.1 Å². The van der Waals surface area contributed by atoms with Crippen molar-refractivity contribution in [3.05, 3.63) is 99.3 Å². The van der Waals surface area contributed by atoms with Crippen LogP contribution in [-0.2, 0) is 29.8 Å². The van der Waals surface area contributed by atoms with Crippen LogP contribution >= 0.6 is 7.75 Å². The van der Waals surface area contributed by atoms with Crippen molar-refractivity contribution in [2.45, 2.75) is 56.5 Å². The summed E-state index contributed by atoms with van der Waals surface area (Å²) in [5.74, 6) is 1.46. The van der Waals surface area contributed by atoms with E-state index in [2.05, 4.69) is 5.09 Å². The van der Waals surface area contributed by atoms with E-state index >= 15 is 0 Å². The van der Waals surface area contributed by atoms with Crippen molar-refractivity contribution >= 4 is 13.7 Å². The van der Waals surface area contributed by atoms with Crippen LogP contribution in [-0.4, -0.2) is 62.3 Å². The number of ether oxygens (including phenoxy) is 2. The van der Waals surface area contributed by atoms with Crippen LogP contribution in [0.3, 0.4) is 0 Å². The second kappa shape index (κ2) is 13.5. The molecule has 228 valence electrons. The lowest BCUT2D eigenvalue weighted by molar-refractivity contribution is -0.149. The summed E-state index contributed by atoms with van der Waals surface area (Å²) in [4.78, 5) is 39.0. The number of terminal acetylenes is 1. The monoisotopic (exact) mass is 613 g/mol. The van der Waals surface area contributed by atoms with Crippen LogP contribution in [0.25, 0.3) is 0 Å². The maximum Gasteiger partial charge on any atom is 0.459 e. The first-order valence-corrected chi connectivity index (χ1v) is 14.8. The van der Waals surface area contributed by atoms with E-state index in [1.807, 2.05) is 17.0 Å². The summed E-state index contributed by atoms with van der Waals surface area (Å²) >= 11 is 0. The molecule has 0 spiro atoms. The van der Waals surface area contributed by atoms with Crippen LogP contribution in [0.4, 0.5) is 0 Å². The topological polar surface area (TPSA) is 178 Å². The normalized spacial score (nSPS) is 23.7. The minimum Gasteiger partial charge on any atom is -0.462 e. The fourth-order valence-corrected chi connectivity index (χ4v) is 5.87. The maximum atomic E-state index is 14.2. The quantitative estimate of drug-likeness (QED) is 0.132. The molecule has 3 aromatic rings. The summed E-state index contributed by atoms with van der Waals surface area (Å²) in [6.07, 6.45) is 1.24. The van der Waals surface area contributed by atoms with E-state index in [-0.39, 0.29) is 12.2 Å². The van der Waals surface area contributed by atoms with Gasteiger partial charge in [-0.25, -0.2) is 9.36 Å². The van der Waals surface area contributed by atoms with Crippen LogP contribution in [0.1, 0.15) is 25.6 Å². The highest BCUT2D eigenvalue weighted by Crippen LogP contribution is 2.47. The molecule has 0 aliphatic carbocycles. The Kier molecular flexibility index (Phi) is 10.0. The Hall–Kier alpha value is -4.02. The number of hydrogen-bond acceptors (Lipinski definition) is 10. The summed E-state index contributed by atoms with van der Waals surface area (Å²) in [5.41, 5.74) is -3.36. The highest BCUT2D eigenvalue weighted by Gasteiger charge is 2.56. The van der Waals surface area contributed by atoms with E-state index in [0.717, 1.165) is 22.4 Å². The van der Waals surface area contributed by atoms with Crippen LogP contribution in [0.5, 0.6) is 5.75 Å². The number of aromatic amines is 1. The second-order valence-corrected chi connectivity index (χ2v) is 11.7. The third-order valence-corrected chi connectivity index (χ3v) is 8.00. The molecule has 1 unspecified atom stereocenters. The number of esters is 1. The summed E-state index contributed by atoms with van der Waals surface area (Å²) < 4.78 is 37.5. The Morgan fingerprint density at radius 1 is 1.16 bits per heavy atom. The number of aromatic nitrogens is 2. The zero-order chi connectivity index (χ0) is 31.2. The fourth-order valence-electron chi connectivity index (χ4n) is 4.37. The van der Waals surface area contributed by atoms with E-state index in [4.69, 9.17) is 24.9 Å². The zero-order valence-electron chi connectivity index (χ0n) is 23.4. The predicted octanol–water partition coefficient (Wildman–Crippen LogP) is 1.52. The number of carbonyl (C=O) groups excluding carboxylic acids is 1. The molecule has 6 atom stereocenters. The van der Waals surface area contributed by atoms with Gasteiger partial charge in [0.1, 0.15) is 24.0 Å². The number of aliphatic hydroxyl groups excluding tert-OH is 1. The maximum absolute atomic E-state index is 14.2. The molecule has 2 heterocycles. The Bertz CT molecular complexity index is 1600. The van der Waals surface area contributed by atoms with Crippen molar-refractivity contribution in [2.75, 3.05) is 6.61 Å². The number of hydrogen-bond donors (Lipinski definition) is 4. The Labute approximate surface area is 247 Å². The highest BCUT2D eigenvalue weighted by atomic mass is 31.2. The van der Waals surface area contributed by atoms with Gasteiger partial charge in [0.2, 0.25) is 0 Å². The molecule has 0 radical (unpaired) electrons. The molecule has 1 aromatic heterocycles. The summed E-state index contributed by atoms with van der Waals surface area (Å²) in [6.45, 7) is 2.67. The number of rotatable bonds is 12. The molecule has 4 N–H and O–H groups in total. The molecular weight excluding hydrogens is 581 g/mol.